The Morgan fingerprint density at radius 2 is 2.04 bits per heavy atom. The SMILES string of the molecule is C/C(=C1/SC(=S)N(c2ccc(F)c(Cl)c2)C1=O)c1cccc(Br)c1. The summed E-state index contributed by atoms with van der Waals surface area (Å²) < 4.78 is 14.7. The smallest absolute Gasteiger partial charge is 0.268 e. The molecular weight excluding hydrogens is 433 g/mol. The Kier molecular flexibility index (Phi) is 5.11. The van der Waals surface area contributed by atoms with E-state index in [1.165, 1.54) is 34.9 Å². The fourth-order valence-electron chi connectivity index (χ4n) is 2.30. The minimum atomic E-state index is -0.535. The summed E-state index contributed by atoms with van der Waals surface area (Å²) in [6, 6.07) is 11.8. The van der Waals surface area contributed by atoms with Gasteiger partial charge in [-0.1, -0.05) is 63.6 Å². The first-order chi connectivity index (χ1) is 11.4. The quantitative estimate of drug-likeness (QED) is 0.418. The number of carbonyl (C=O) groups excluding carboxylic acids is 1. The summed E-state index contributed by atoms with van der Waals surface area (Å²) in [5.41, 5.74) is 2.23. The van der Waals surface area contributed by atoms with Gasteiger partial charge < -0.3 is 0 Å². The van der Waals surface area contributed by atoms with E-state index in [-0.39, 0.29) is 10.9 Å². The molecule has 0 aliphatic carbocycles. The molecule has 0 radical (unpaired) electrons. The van der Waals surface area contributed by atoms with E-state index in [2.05, 4.69) is 15.9 Å². The van der Waals surface area contributed by atoms with Crippen LogP contribution in [-0.2, 0) is 4.79 Å². The highest BCUT2D eigenvalue weighted by atomic mass is 79.9. The molecule has 1 fully saturated rings. The van der Waals surface area contributed by atoms with Gasteiger partial charge in [-0.2, -0.15) is 0 Å². The van der Waals surface area contributed by atoms with Gasteiger partial charge >= 0.3 is 0 Å². The van der Waals surface area contributed by atoms with Gasteiger partial charge in [-0.25, -0.2) is 4.39 Å². The Morgan fingerprint density at radius 1 is 1.29 bits per heavy atom. The largest absolute Gasteiger partial charge is 0.271 e. The van der Waals surface area contributed by atoms with Crippen LogP contribution < -0.4 is 4.90 Å². The number of rotatable bonds is 2. The summed E-state index contributed by atoms with van der Waals surface area (Å²) in [6.07, 6.45) is 0. The highest BCUT2D eigenvalue weighted by Crippen LogP contribution is 2.40. The molecule has 0 spiro atoms. The number of benzene rings is 2. The zero-order valence-corrected chi connectivity index (χ0v) is 16.3. The number of amides is 1. The van der Waals surface area contributed by atoms with Crippen molar-refractivity contribution in [2.45, 2.75) is 6.92 Å². The number of thioether (sulfide) groups is 1. The molecule has 122 valence electrons. The Balaban J connectivity index is 2.02. The summed E-state index contributed by atoms with van der Waals surface area (Å²) in [5.74, 6) is -0.767. The highest BCUT2D eigenvalue weighted by molar-refractivity contribution is 9.10. The molecule has 0 aromatic heterocycles. The lowest BCUT2D eigenvalue weighted by Crippen LogP contribution is -2.27. The number of halogens is 3. The number of nitrogens with zero attached hydrogens (tertiary/aromatic N) is 1. The number of anilines is 1. The standard InChI is InChI=1S/C17H10BrClFNOS2/c1-9(10-3-2-4-11(18)7-10)15-16(22)21(17(23)24-15)12-5-6-14(20)13(19)8-12/h2-8H,1H3/b15-9-. The summed E-state index contributed by atoms with van der Waals surface area (Å²) >= 11 is 15.8. The van der Waals surface area contributed by atoms with Crippen molar-refractivity contribution in [2.24, 2.45) is 0 Å². The molecule has 0 N–H and O–H groups in total. The summed E-state index contributed by atoms with van der Waals surface area (Å²) in [4.78, 5) is 14.8. The van der Waals surface area contributed by atoms with Crippen molar-refractivity contribution in [1.29, 1.82) is 0 Å². The van der Waals surface area contributed by atoms with Crippen molar-refractivity contribution < 1.29 is 9.18 Å². The predicted octanol–water partition coefficient (Wildman–Crippen LogP) is 6.04. The average molecular weight is 443 g/mol. The van der Waals surface area contributed by atoms with E-state index >= 15 is 0 Å². The van der Waals surface area contributed by atoms with E-state index < -0.39 is 5.82 Å². The molecule has 1 aliphatic heterocycles. The maximum Gasteiger partial charge on any atom is 0.271 e. The summed E-state index contributed by atoms with van der Waals surface area (Å²) in [5, 5.41) is -0.0470. The number of carbonyl (C=O) groups is 1. The summed E-state index contributed by atoms with van der Waals surface area (Å²) in [6.45, 7) is 1.88. The van der Waals surface area contributed by atoms with Crippen molar-refractivity contribution in [3.05, 3.63) is 68.2 Å². The van der Waals surface area contributed by atoms with Gasteiger partial charge in [-0.05, 0) is 48.4 Å². The summed E-state index contributed by atoms with van der Waals surface area (Å²) in [7, 11) is 0. The van der Waals surface area contributed by atoms with Crippen LogP contribution in [0.2, 0.25) is 5.02 Å². The van der Waals surface area contributed by atoms with Crippen molar-refractivity contribution >= 4 is 73.0 Å². The van der Waals surface area contributed by atoms with Gasteiger partial charge in [0.2, 0.25) is 0 Å². The second-order valence-electron chi connectivity index (χ2n) is 5.07. The van der Waals surface area contributed by atoms with Gasteiger partial charge in [0, 0.05) is 4.47 Å². The van der Waals surface area contributed by atoms with Gasteiger partial charge in [0.25, 0.3) is 5.91 Å². The van der Waals surface area contributed by atoms with Crippen LogP contribution in [0.3, 0.4) is 0 Å². The monoisotopic (exact) mass is 441 g/mol. The van der Waals surface area contributed by atoms with Crippen LogP contribution in [0.15, 0.2) is 51.8 Å². The maximum absolute atomic E-state index is 13.4. The van der Waals surface area contributed by atoms with Crippen molar-refractivity contribution in [3.63, 3.8) is 0 Å². The first-order valence-corrected chi connectivity index (χ1v) is 9.26. The second kappa shape index (κ2) is 6.96. The molecule has 0 saturated carbocycles. The molecular formula is C17H10BrClFNOS2. The lowest BCUT2D eigenvalue weighted by atomic mass is 10.1. The lowest BCUT2D eigenvalue weighted by Gasteiger charge is -2.15. The molecule has 0 atom stereocenters. The molecule has 1 amide bonds. The molecule has 0 unspecified atom stereocenters. The van der Waals surface area contributed by atoms with Crippen LogP contribution >= 0.6 is 51.5 Å². The average Bonchev–Trinajstić information content (AvgIpc) is 2.84. The van der Waals surface area contributed by atoms with Gasteiger partial charge in [-0.15, -0.1) is 0 Å². The van der Waals surface area contributed by atoms with E-state index in [1.54, 1.807) is 0 Å². The zero-order valence-electron chi connectivity index (χ0n) is 12.3. The van der Waals surface area contributed by atoms with Crippen molar-refractivity contribution in [2.75, 3.05) is 4.90 Å². The fraction of sp³-hybridized carbons (Fsp3) is 0.0588. The van der Waals surface area contributed by atoms with E-state index in [0.29, 0.717) is 14.9 Å². The molecule has 2 aromatic carbocycles. The number of hydrogen-bond donors (Lipinski definition) is 0. The minimum absolute atomic E-state index is 0.0470. The second-order valence-corrected chi connectivity index (χ2v) is 8.04. The Bertz CT molecular complexity index is 900. The van der Waals surface area contributed by atoms with Crippen molar-refractivity contribution in [1.82, 2.24) is 0 Å². The molecule has 3 rings (SSSR count). The third-order valence-electron chi connectivity index (χ3n) is 3.53. The van der Waals surface area contributed by atoms with E-state index in [4.69, 9.17) is 23.8 Å². The molecule has 1 aliphatic rings. The minimum Gasteiger partial charge on any atom is -0.268 e. The lowest BCUT2D eigenvalue weighted by molar-refractivity contribution is -0.113. The third-order valence-corrected chi connectivity index (χ3v) is 5.79. The van der Waals surface area contributed by atoms with Gasteiger partial charge in [-0.3, -0.25) is 9.69 Å². The highest BCUT2D eigenvalue weighted by Gasteiger charge is 2.35. The van der Waals surface area contributed by atoms with Crippen molar-refractivity contribution in [3.8, 4) is 0 Å². The molecule has 24 heavy (non-hydrogen) atoms. The maximum atomic E-state index is 13.4. The zero-order chi connectivity index (χ0) is 17.4. The van der Waals surface area contributed by atoms with Gasteiger partial charge in [0.1, 0.15) is 5.82 Å². The van der Waals surface area contributed by atoms with Gasteiger partial charge in [0.05, 0.1) is 15.6 Å². The normalized spacial score (nSPS) is 16.8. The van der Waals surface area contributed by atoms with Crippen LogP contribution in [0.1, 0.15) is 12.5 Å². The van der Waals surface area contributed by atoms with Crippen LogP contribution in [0, 0.1) is 5.82 Å². The Morgan fingerprint density at radius 3 is 2.71 bits per heavy atom. The molecule has 1 heterocycles. The first-order valence-electron chi connectivity index (χ1n) is 6.86. The molecule has 0 bridgehead atoms. The van der Waals surface area contributed by atoms with Crippen LogP contribution in [0.5, 0.6) is 0 Å². The first kappa shape index (κ1) is 17.6. The Hall–Kier alpha value is -1.21. The topological polar surface area (TPSA) is 20.3 Å². The number of hydrogen-bond acceptors (Lipinski definition) is 3. The van der Waals surface area contributed by atoms with E-state index in [0.717, 1.165) is 15.6 Å². The van der Waals surface area contributed by atoms with Crippen LogP contribution in [0.25, 0.3) is 5.57 Å². The number of allylic oxidation sites excluding steroid dienone is 1. The van der Waals surface area contributed by atoms with Gasteiger partial charge in [0.15, 0.2) is 4.32 Å². The van der Waals surface area contributed by atoms with E-state index in [9.17, 15) is 9.18 Å². The third kappa shape index (κ3) is 3.28. The van der Waals surface area contributed by atoms with Crippen LogP contribution in [-0.4, -0.2) is 10.2 Å². The van der Waals surface area contributed by atoms with Crippen LogP contribution in [0.4, 0.5) is 10.1 Å². The molecule has 7 heteroatoms. The molecule has 1 saturated heterocycles. The number of thiocarbonyl (C=S) groups is 1. The molecule has 2 nitrogen and oxygen atoms in total. The van der Waals surface area contributed by atoms with E-state index in [1.807, 2.05) is 31.2 Å². The predicted molar refractivity (Wildman–Crippen MR) is 106 cm³/mol. The molecule has 2 aromatic rings. The fourth-order valence-corrected chi connectivity index (χ4v) is 4.21. The Labute approximate surface area is 161 Å².